The van der Waals surface area contributed by atoms with Crippen molar-refractivity contribution in [3.8, 4) is 11.3 Å². The first kappa shape index (κ1) is 20.4. The summed E-state index contributed by atoms with van der Waals surface area (Å²) < 4.78 is 9.40. The van der Waals surface area contributed by atoms with Crippen molar-refractivity contribution >= 4 is 28.4 Å². The van der Waals surface area contributed by atoms with E-state index >= 15 is 0 Å². The van der Waals surface area contributed by atoms with Crippen LogP contribution in [-0.4, -0.2) is 48.4 Å². The summed E-state index contributed by atoms with van der Waals surface area (Å²) in [6, 6.07) is 6.65. The molecule has 9 heteroatoms. The lowest BCUT2D eigenvalue weighted by Gasteiger charge is -2.46. The number of nitrogens with one attached hydrogen (secondary N) is 1. The second kappa shape index (κ2) is 7.41. The maximum Gasteiger partial charge on any atom is 0.243 e. The summed E-state index contributed by atoms with van der Waals surface area (Å²) in [7, 11) is 0. The minimum Gasteiger partial charge on any atom is -0.382 e. The van der Waals surface area contributed by atoms with E-state index in [1.54, 1.807) is 4.52 Å². The van der Waals surface area contributed by atoms with Gasteiger partial charge in [0, 0.05) is 29.3 Å². The number of fused-ring (bicyclic) bond motifs is 2. The van der Waals surface area contributed by atoms with E-state index in [0.717, 1.165) is 59.8 Å². The number of aromatic nitrogens is 6. The molecule has 0 radical (unpaired) electrons. The first-order valence-electron chi connectivity index (χ1n) is 11.8. The van der Waals surface area contributed by atoms with Gasteiger partial charge in [-0.2, -0.15) is 4.98 Å². The number of aryl methyl sites for hydroxylation is 1. The van der Waals surface area contributed by atoms with Crippen LogP contribution in [0.3, 0.4) is 0 Å². The van der Waals surface area contributed by atoms with Crippen LogP contribution in [0.4, 0.5) is 11.8 Å². The summed E-state index contributed by atoms with van der Waals surface area (Å²) in [6.45, 7) is 8.13. The molecule has 0 unspecified atom stereocenters. The summed E-state index contributed by atoms with van der Waals surface area (Å²) in [5.41, 5.74) is 11.2. The molecule has 1 spiro atoms. The van der Waals surface area contributed by atoms with Gasteiger partial charge >= 0.3 is 0 Å². The number of pyridine rings is 1. The Morgan fingerprint density at radius 2 is 1.91 bits per heavy atom. The Hall–Kier alpha value is -3.20. The number of nitrogens with two attached hydrogens (primary N) is 1. The Morgan fingerprint density at radius 3 is 2.61 bits per heavy atom. The summed E-state index contributed by atoms with van der Waals surface area (Å²) >= 11 is 0. The molecule has 0 bridgehead atoms. The zero-order valence-corrected chi connectivity index (χ0v) is 19.4. The van der Waals surface area contributed by atoms with E-state index in [1.165, 1.54) is 12.8 Å². The summed E-state index contributed by atoms with van der Waals surface area (Å²) in [5.74, 6) is 1.98. The van der Waals surface area contributed by atoms with Crippen molar-refractivity contribution in [3.63, 3.8) is 0 Å². The average molecular weight is 447 g/mol. The number of nitrogens with zero attached hydrogens (tertiary/aromatic N) is 6. The number of rotatable bonds is 4. The molecule has 2 aliphatic rings. The number of hydrogen-bond acceptors (Lipinski definition) is 7. The maximum absolute atomic E-state index is 6.44. The van der Waals surface area contributed by atoms with Crippen LogP contribution in [-0.2, 0) is 4.74 Å². The monoisotopic (exact) mass is 446 g/mol. The third-order valence-electron chi connectivity index (χ3n) is 7.24. The zero-order valence-electron chi connectivity index (χ0n) is 19.4. The van der Waals surface area contributed by atoms with Crippen molar-refractivity contribution in [3.05, 3.63) is 30.2 Å². The van der Waals surface area contributed by atoms with E-state index in [-0.39, 0.29) is 6.04 Å². The lowest BCUT2D eigenvalue weighted by atomic mass is 9.71. The second-order valence-corrected chi connectivity index (χ2v) is 9.92. The van der Waals surface area contributed by atoms with Gasteiger partial charge in [0.25, 0.3) is 0 Å². The first-order chi connectivity index (χ1) is 15.9. The zero-order chi connectivity index (χ0) is 22.7. The SMILES string of the molecule is Cc1nc2ccc(-c3ccn4nc(NC5CCC6(CC5)COC6)nc(N)c34)nc2n1C(C)C. The predicted octanol–water partition coefficient (Wildman–Crippen LogP) is 3.98. The third kappa shape index (κ3) is 3.33. The predicted molar refractivity (Wildman–Crippen MR) is 128 cm³/mol. The van der Waals surface area contributed by atoms with Crippen molar-refractivity contribution in [1.82, 2.24) is 29.1 Å². The van der Waals surface area contributed by atoms with Crippen molar-refractivity contribution in [1.29, 1.82) is 0 Å². The van der Waals surface area contributed by atoms with E-state index in [1.807, 2.05) is 31.3 Å². The van der Waals surface area contributed by atoms with Crippen molar-refractivity contribution < 1.29 is 4.74 Å². The van der Waals surface area contributed by atoms with Crippen LogP contribution >= 0.6 is 0 Å². The number of nitrogen functional groups attached to an aromatic ring is 1. The summed E-state index contributed by atoms with van der Waals surface area (Å²) in [6.07, 6.45) is 6.52. The molecule has 3 N–H and O–H groups in total. The molecular formula is C24H30N8O. The molecule has 4 aromatic heterocycles. The second-order valence-electron chi connectivity index (χ2n) is 9.92. The fraction of sp³-hybridized carbons (Fsp3) is 0.500. The molecule has 1 aliphatic heterocycles. The highest BCUT2D eigenvalue weighted by Crippen LogP contribution is 2.42. The van der Waals surface area contributed by atoms with E-state index in [2.05, 4.69) is 33.7 Å². The van der Waals surface area contributed by atoms with Gasteiger partial charge < -0.3 is 20.4 Å². The Bertz CT molecular complexity index is 1340. The third-order valence-corrected chi connectivity index (χ3v) is 7.24. The van der Waals surface area contributed by atoms with Gasteiger partial charge in [0.15, 0.2) is 11.5 Å². The molecule has 172 valence electrons. The van der Waals surface area contributed by atoms with Crippen LogP contribution in [0.1, 0.15) is 51.4 Å². The number of imidazole rings is 1. The molecule has 2 fully saturated rings. The maximum atomic E-state index is 6.44. The molecule has 9 nitrogen and oxygen atoms in total. The number of hydrogen-bond donors (Lipinski definition) is 2. The van der Waals surface area contributed by atoms with Crippen LogP contribution in [0, 0.1) is 12.3 Å². The molecule has 1 aliphatic carbocycles. The van der Waals surface area contributed by atoms with Crippen molar-refractivity contribution in [2.75, 3.05) is 24.3 Å². The standard InChI is InChI=1S/C24H30N8O/c1-14(2)32-15(3)26-19-5-4-18(28-22(19)32)17-8-11-31-20(17)21(25)29-23(30-31)27-16-6-9-24(10-7-16)12-33-13-24/h4-5,8,11,14,16H,6-7,9-10,12-13H2,1-3H3,(H3,25,27,29,30). The summed E-state index contributed by atoms with van der Waals surface area (Å²) in [5, 5.41) is 8.21. The lowest BCUT2D eigenvalue weighted by molar-refractivity contribution is -0.131. The van der Waals surface area contributed by atoms with Gasteiger partial charge in [-0.05, 0) is 64.7 Å². The van der Waals surface area contributed by atoms with E-state index in [4.69, 9.17) is 20.6 Å². The first-order valence-corrected chi connectivity index (χ1v) is 11.8. The van der Waals surface area contributed by atoms with Crippen LogP contribution in [0.2, 0.25) is 0 Å². The van der Waals surface area contributed by atoms with E-state index in [0.29, 0.717) is 23.2 Å². The van der Waals surface area contributed by atoms with Gasteiger partial charge in [-0.3, -0.25) is 0 Å². The van der Waals surface area contributed by atoms with Crippen LogP contribution in [0.15, 0.2) is 24.4 Å². The highest BCUT2D eigenvalue weighted by atomic mass is 16.5. The Labute approximate surface area is 192 Å². The average Bonchev–Trinajstić information content (AvgIpc) is 3.33. The van der Waals surface area contributed by atoms with E-state index in [9.17, 15) is 0 Å². The minimum atomic E-state index is 0.275. The Balaban J connectivity index is 1.31. The molecule has 1 saturated carbocycles. The topological polar surface area (TPSA) is 108 Å². The Morgan fingerprint density at radius 1 is 1.12 bits per heavy atom. The van der Waals surface area contributed by atoms with Gasteiger partial charge in [0.1, 0.15) is 16.9 Å². The molecule has 0 aromatic carbocycles. The van der Waals surface area contributed by atoms with Gasteiger partial charge in [-0.1, -0.05) is 0 Å². The lowest BCUT2D eigenvalue weighted by Crippen LogP contribution is -2.47. The minimum absolute atomic E-state index is 0.275. The van der Waals surface area contributed by atoms with Crippen molar-refractivity contribution in [2.45, 2.75) is 58.5 Å². The van der Waals surface area contributed by atoms with Gasteiger partial charge in [0.05, 0.1) is 18.9 Å². The quantitative estimate of drug-likeness (QED) is 0.488. The number of anilines is 2. The Kier molecular flexibility index (Phi) is 4.58. The molecular weight excluding hydrogens is 416 g/mol. The smallest absolute Gasteiger partial charge is 0.243 e. The van der Waals surface area contributed by atoms with Gasteiger partial charge in [-0.25, -0.2) is 14.5 Å². The fourth-order valence-corrected chi connectivity index (χ4v) is 5.41. The molecule has 0 atom stereocenters. The summed E-state index contributed by atoms with van der Waals surface area (Å²) in [4.78, 5) is 14.2. The molecule has 5 heterocycles. The normalized spacial score (nSPS) is 18.4. The molecule has 0 amide bonds. The van der Waals surface area contributed by atoms with Crippen molar-refractivity contribution in [2.24, 2.45) is 5.41 Å². The van der Waals surface area contributed by atoms with Crippen LogP contribution in [0.25, 0.3) is 27.9 Å². The number of ether oxygens (including phenoxy) is 1. The molecule has 1 saturated heterocycles. The molecule has 4 aromatic rings. The van der Waals surface area contributed by atoms with E-state index < -0.39 is 0 Å². The highest BCUT2D eigenvalue weighted by Gasteiger charge is 2.41. The largest absolute Gasteiger partial charge is 0.382 e. The highest BCUT2D eigenvalue weighted by molar-refractivity contribution is 5.88. The van der Waals surface area contributed by atoms with Crippen LogP contribution < -0.4 is 11.1 Å². The fourth-order valence-electron chi connectivity index (χ4n) is 5.41. The molecule has 6 rings (SSSR count). The van der Waals surface area contributed by atoms with Gasteiger partial charge in [0.2, 0.25) is 5.95 Å². The van der Waals surface area contributed by atoms with Crippen LogP contribution in [0.5, 0.6) is 0 Å². The molecule has 33 heavy (non-hydrogen) atoms. The van der Waals surface area contributed by atoms with Gasteiger partial charge in [-0.15, -0.1) is 5.10 Å².